The van der Waals surface area contributed by atoms with Crippen LogP contribution in [0.3, 0.4) is 0 Å². The van der Waals surface area contributed by atoms with Crippen molar-refractivity contribution in [2.24, 2.45) is 0 Å². The zero-order valence-corrected chi connectivity index (χ0v) is 21.1. The number of carbonyl (C=O) groups excluding carboxylic acids is 1. The molecule has 2 aromatic carbocycles. The molecule has 0 aliphatic heterocycles. The Labute approximate surface area is 211 Å². The molecule has 29 heavy (non-hydrogen) atoms. The Morgan fingerprint density at radius 1 is 1.10 bits per heavy atom. The average Bonchev–Trinajstić information content (AvgIpc) is 2.61. The van der Waals surface area contributed by atoms with Gasteiger partial charge in [0, 0.05) is 14.3 Å². The molecule has 1 atom stereocenters. The Kier molecular flexibility index (Phi) is 9.66. The van der Waals surface area contributed by atoms with Gasteiger partial charge in [0.05, 0.1) is 5.02 Å². The van der Waals surface area contributed by atoms with E-state index in [4.69, 9.17) is 75.0 Å². The predicted octanol–water partition coefficient (Wildman–Crippen LogP) is 5.78. The quantitative estimate of drug-likeness (QED) is 0.164. The van der Waals surface area contributed by atoms with Gasteiger partial charge in [-0.05, 0) is 77.3 Å². The summed E-state index contributed by atoms with van der Waals surface area (Å²) in [6.07, 6.45) is -1.12. The van der Waals surface area contributed by atoms with Crippen molar-refractivity contribution in [3.8, 4) is 5.75 Å². The number of halogens is 6. The minimum absolute atomic E-state index is 0.157. The highest BCUT2D eigenvalue weighted by molar-refractivity contribution is 14.1. The van der Waals surface area contributed by atoms with Crippen molar-refractivity contribution in [2.45, 2.75) is 9.96 Å². The number of amides is 1. The van der Waals surface area contributed by atoms with Crippen molar-refractivity contribution in [3.05, 3.63) is 56.1 Å². The number of carbonyl (C=O) groups is 1. The van der Waals surface area contributed by atoms with Crippen molar-refractivity contribution in [1.29, 1.82) is 0 Å². The predicted molar refractivity (Wildman–Crippen MR) is 133 cm³/mol. The van der Waals surface area contributed by atoms with E-state index in [0.29, 0.717) is 10.8 Å². The first-order valence-electron chi connectivity index (χ1n) is 7.81. The van der Waals surface area contributed by atoms with E-state index < -0.39 is 15.9 Å². The third-order valence-electron chi connectivity index (χ3n) is 3.26. The fraction of sp³-hybridized carbons (Fsp3) is 0.176. The van der Waals surface area contributed by atoms with E-state index in [0.717, 1.165) is 9.26 Å². The lowest BCUT2D eigenvalue weighted by molar-refractivity contribution is -0.123. The molecule has 0 aliphatic rings. The number of nitrogens with one attached hydrogen (secondary N) is 3. The highest BCUT2D eigenvalue weighted by atomic mass is 127. The second-order valence-electron chi connectivity index (χ2n) is 5.51. The molecule has 1 unspecified atom stereocenters. The molecule has 3 N–H and O–H groups in total. The number of ether oxygens (including phenoxy) is 1. The lowest BCUT2D eigenvalue weighted by Gasteiger charge is -2.27. The van der Waals surface area contributed by atoms with Gasteiger partial charge < -0.3 is 20.7 Å². The van der Waals surface area contributed by atoms with Crippen LogP contribution < -0.4 is 20.7 Å². The zero-order chi connectivity index (χ0) is 21.6. The van der Waals surface area contributed by atoms with Crippen molar-refractivity contribution in [2.75, 3.05) is 11.9 Å². The van der Waals surface area contributed by atoms with Gasteiger partial charge >= 0.3 is 0 Å². The third-order valence-corrected chi connectivity index (χ3v) is 5.39. The molecule has 2 rings (SSSR count). The first kappa shape index (κ1) is 24.8. The van der Waals surface area contributed by atoms with Crippen LogP contribution in [-0.4, -0.2) is 27.6 Å². The highest BCUT2D eigenvalue weighted by Crippen LogP contribution is 2.30. The maximum atomic E-state index is 12.2. The Morgan fingerprint density at radius 2 is 1.76 bits per heavy atom. The zero-order valence-electron chi connectivity index (χ0n) is 14.3. The van der Waals surface area contributed by atoms with Crippen LogP contribution in [0.15, 0.2) is 42.5 Å². The van der Waals surface area contributed by atoms with Crippen LogP contribution in [0.5, 0.6) is 5.75 Å². The fourth-order valence-electron chi connectivity index (χ4n) is 1.97. The third kappa shape index (κ3) is 8.69. The maximum Gasteiger partial charge on any atom is 0.259 e. The van der Waals surface area contributed by atoms with Crippen LogP contribution in [0.1, 0.15) is 0 Å². The normalized spacial score (nSPS) is 12.1. The number of anilines is 1. The minimum atomic E-state index is -1.88. The highest BCUT2D eigenvalue weighted by Gasteiger charge is 2.34. The number of benzene rings is 2. The first-order valence-corrected chi connectivity index (χ1v) is 11.2. The van der Waals surface area contributed by atoms with E-state index >= 15 is 0 Å². The van der Waals surface area contributed by atoms with Crippen LogP contribution in [-0.2, 0) is 4.79 Å². The largest absolute Gasteiger partial charge is 0.482 e. The lowest BCUT2D eigenvalue weighted by Crippen LogP contribution is -2.56. The molecule has 0 saturated carbocycles. The van der Waals surface area contributed by atoms with Gasteiger partial charge in [-0.1, -0.05) is 58.0 Å². The van der Waals surface area contributed by atoms with Crippen LogP contribution >= 0.6 is 92.8 Å². The number of hydrogen-bond acceptors (Lipinski definition) is 3. The summed E-state index contributed by atoms with van der Waals surface area (Å²) in [6.45, 7) is -0.364. The summed E-state index contributed by atoms with van der Waals surface area (Å²) in [6, 6.07) is 12.1. The number of thiocarbonyl (C=S) groups is 1. The molecule has 1 amide bonds. The van der Waals surface area contributed by atoms with Gasteiger partial charge in [0.25, 0.3) is 5.91 Å². The summed E-state index contributed by atoms with van der Waals surface area (Å²) in [5, 5.41) is 9.09. The van der Waals surface area contributed by atoms with E-state index in [2.05, 4.69) is 38.5 Å². The number of hydrogen-bond donors (Lipinski definition) is 3. The van der Waals surface area contributed by atoms with E-state index in [-0.39, 0.29) is 16.7 Å². The number of alkyl halides is 3. The first-order chi connectivity index (χ1) is 13.5. The van der Waals surface area contributed by atoms with Gasteiger partial charge in [-0.25, -0.2) is 0 Å². The van der Waals surface area contributed by atoms with Crippen molar-refractivity contribution >= 4 is 110 Å². The SMILES string of the molecule is O=C(COc1ccc(Cl)cc1Cl)NC(NC(=S)Nc1ccc(I)cc1)C(Cl)(Cl)Cl. The number of rotatable bonds is 6. The molecule has 0 saturated heterocycles. The van der Waals surface area contributed by atoms with Gasteiger partial charge in [0.1, 0.15) is 11.9 Å². The Balaban J connectivity index is 1.94. The Hall–Kier alpha value is -0.420. The van der Waals surface area contributed by atoms with Gasteiger partial charge in [0.2, 0.25) is 3.79 Å². The maximum absolute atomic E-state index is 12.2. The fourth-order valence-corrected chi connectivity index (χ4v) is 3.36. The monoisotopic (exact) mass is 625 g/mol. The molecule has 156 valence electrons. The summed E-state index contributed by atoms with van der Waals surface area (Å²) in [7, 11) is 0. The molecule has 12 heteroatoms. The minimum Gasteiger partial charge on any atom is -0.482 e. The van der Waals surface area contributed by atoms with E-state index in [1.54, 1.807) is 12.1 Å². The molecular weight excluding hydrogens is 614 g/mol. The lowest BCUT2D eigenvalue weighted by atomic mass is 10.3. The van der Waals surface area contributed by atoms with Crippen LogP contribution in [0.2, 0.25) is 10.0 Å². The summed E-state index contributed by atoms with van der Waals surface area (Å²) in [4.78, 5) is 12.2. The Bertz CT molecular complexity index is 880. The van der Waals surface area contributed by atoms with Gasteiger partial charge in [-0.2, -0.15) is 0 Å². The molecule has 0 aromatic heterocycles. The van der Waals surface area contributed by atoms with Gasteiger partial charge in [-0.15, -0.1) is 0 Å². The molecular formula is C17H13Cl5IN3O2S. The summed E-state index contributed by atoms with van der Waals surface area (Å²) >= 11 is 37.1. The second-order valence-corrected chi connectivity index (χ2v) is 10.4. The molecule has 2 aromatic rings. The van der Waals surface area contributed by atoms with Crippen molar-refractivity contribution in [3.63, 3.8) is 0 Å². The van der Waals surface area contributed by atoms with Crippen molar-refractivity contribution in [1.82, 2.24) is 10.6 Å². The van der Waals surface area contributed by atoms with E-state index in [1.807, 2.05) is 24.3 Å². The molecule has 0 spiro atoms. The average molecular weight is 628 g/mol. The van der Waals surface area contributed by atoms with Gasteiger partial charge in [0.15, 0.2) is 11.7 Å². The van der Waals surface area contributed by atoms with Crippen LogP contribution in [0, 0.1) is 3.57 Å². The molecule has 0 heterocycles. The summed E-state index contributed by atoms with van der Waals surface area (Å²) in [5.41, 5.74) is 0.734. The van der Waals surface area contributed by atoms with E-state index in [1.165, 1.54) is 6.07 Å². The summed E-state index contributed by atoms with van der Waals surface area (Å²) < 4.78 is 4.56. The molecule has 0 radical (unpaired) electrons. The molecule has 5 nitrogen and oxygen atoms in total. The summed E-state index contributed by atoms with van der Waals surface area (Å²) in [5.74, 6) is -0.266. The molecule has 0 fully saturated rings. The van der Waals surface area contributed by atoms with Crippen molar-refractivity contribution < 1.29 is 9.53 Å². The smallest absolute Gasteiger partial charge is 0.259 e. The second kappa shape index (κ2) is 11.3. The van der Waals surface area contributed by atoms with Gasteiger partial charge in [-0.3, -0.25) is 4.79 Å². The Morgan fingerprint density at radius 3 is 2.34 bits per heavy atom. The molecule has 0 aliphatic carbocycles. The van der Waals surface area contributed by atoms with Crippen LogP contribution in [0.4, 0.5) is 5.69 Å². The standard InChI is InChI=1S/C17H13Cl5IN3O2S/c18-9-1-6-13(12(19)7-9)28-8-14(27)25-15(17(20,21)22)26-16(29)24-11-4-2-10(23)3-5-11/h1-7,15H,8H2,(H,25,27)(H2,24,26,29). The molecule has 0 bridgehead atoms. The van der Waals surface area contributed by atoms with Crippen LogP contribution in [0.25, 0.3) is 0 Å². The van der Waals surface area contributed by atoms with E-state index in [9.17, 15) is 4.79 Å². The topological polar surface area (TPSA) is 62.4 Å².